The fourth-order valence-electron chi connectivity index (χ4n) is 1.81. The van der Waals surface area contributed by atoms with E-state index in [1.807, 2.05) is 30.3 Å². The van der Waals surface area contributed by atoms with Crippen molar-refractivity contribution in [1.82, 2.24) is 5.32 Å². The van der Waals surface area contributed by atoms with E-state index in [1.165, 1.54) is 5.56 Å². The number of carbonyl (C=O) groups excluding carboxylic acids is 1. The van der Waals surface area contributed by atoms with Crippen molar-refractivity contribution in [3.63, 3.8) is 0 Å². The van der Waals surface area contributed by atoms with Crippen molar-refractivity contribution in [2.45, 2.75) is 6.42 Å². The summed E-state index contributed by atoms with van der Waals surface area (Å²) in [4.78, 5) is 11.7. The van der Waals surface area contributed by atoms with Crippen molar-refractivity contribution in [1.29, 1.82) is 0 Å². The zero-order chi connectivity index (χ0) is 14.2. The van der Waals surface area contributed by atoms with E-state index in [-0.39, 0.29) is 6.03 Å². The number of hydrogen-bond acceptors (Lipinski definition) is 2. The van der Waals surface area contributed by atoms with Gasteiger partial charge in [0, 0.05) is 12.2 Å². The molecule has 0 spiro atoms. The summed E-state index contributed by atoms with van der Waals surface area (Å²) in [6.45, 7) is 0.603. The van der Waals surface area contributed by atoms with Crippen molar-refractivity contribution < 1.29 is 9.53 Å². The molecule has 0 aliphatic carbocycles. The second-order valence-electron chi connectivity index (χ2n) is 4.35. The minimum absolute atomic E-state index is 0.203. The molecule has 0 atom stereocenters. The van der Waals surface area contributed by atoms with Crippen LogP contribution in [0.3, 0.4) is 0 Å². The molecule has 0 fully saturated rings. The van der Waals surface area contributed by atoms with Crippen LogP contribution in [0.25, 0.3) is 0 Å². The lowest BCUT2D eigenvalue weighted by Gasteiger charge is -2.08. The highest BCUT2D eigenvalue weighted by atomic mass is 16.5. The number of anilines is 1. The number of nitrogens with one attached hydrogen (secondary N) is 2. The molecule has 20 heavy (non-hydrogen) atoms. The predicted octanol–water partition coefficient (Wildman–Crippen LogP) is 3.06. The zero-order valence-electron chi connectivity index (χ0n) is 11.4. The summed E-state index contributed by atoms with van der Waals surface area (Å²) >= 11 is 0. The van der Waals surface area contributed by atoms with Gasteiger partial charge in [-0.15, -0.1) is 0 Å². The number of carbonyl (C=O) groups is 1. The first-order chi connectivity index (χ1) is 9.78. The largest absolute Gasteiger partial charge is 0.497 e. The summed E-state index contributed by atoms with van der Waals surface area (Å²) in [6.07, 6.45) is 0.816. The van der Waals surface area contributed by atoms with Gasteiger partial charge in [-0.1, -0.05) is 30.3 Å². The standard InChI is InChI=1S/C16H18N2O2/c1-20-15-9-7-14(8-10-15)18-16(19)17-12-11-13-5-3-2-4-6-13/h2-10H,11-12H2,1H3,(H2,17,18,19). The lowest BCUT2D eigenvalue weighted by atomic mass is 10.1. The van der Waals surface area contributed by atoms with Gasteiger partial charge in [0.25, 0.3) is 0 Å². The Balaban J connectivity index is 1.74. The minimum Gasteiger partial charge on any atom is -0.497 e. The van der Waals surface area contributed by atoms with Crippen LogP contribution in [0.5, 0.6) is 5.75 Å². The van der Waals surface area contributed by atoms with Crippen LogP contribution in [0, 0.1) is 0 Å². The molecule has 0 unspecified atom stereocenters. The molecule has 2 amide bonds. The molecule has 4 heteroatoms. The quantitative estimate of drug-likeness (QED) is 0.877. The molecule has 2 aromatic rings. The smallest absolute Gasteiger partial charge is 0.319 e. The number of ether oxygens (including phenoxy) is 1. The summed E-state index contributed by atoms with van der Waals surface area (Å²) in [6, 6.07) is 17.1. The van der Waals surface area contributed by atoms with Crippen molar-refractivity contribution in [3.05, 3.63) is 60.2 Å². The van der Waals surface area contributed by atoms with Gasteiger partial charge in [0.05, 0.1) is 7.11 Å². The highest BCUT2D eigenvalue weighted by molar-refractivity contribution is 5.89. The average molecular weight is 270 g/mol. The Morgan fingerprint density at radius 3 is 2.40 bits per heavy atom. The van der Waals surface area contributed by atoms with E-state index in [0.717, 1.165) is 17.9 Å². The summed E-state index contributed by atoms with van der Waals surface area (Å²) < 4.78 is 5.06. The Kier molecular flexibility index (Phi) is 5.00. The maximum absolute atomic E-state index is 11.7. The second-order valence-corrected chi connectivity index (χ2v) is 4.35. The summed E-state index contributed by atoms with van der Waals surface area (Å²) in [5.41, 5.74) is 1.94. The third-order valence-corrected chi connectivity index (χ3v) is 2.89. The molecule has 2 N–H and O–H groups in total. The van der Waals surface area contributed by atoms with Crippen LogP contribution in [-0.2, 0) is 6.42 Å². The molecule has 2 aromatic carbocycles. The number of amides is 2. The average Bonchev–Trinajstić information content (AvgIpc) is 2.49. The van der Waals surface area contributed by atoms with Crippen LogP contribution >= 0.6 is 0 Å². The first kappa shape index (κ1) is 13.9. The Hall–Kier alpha value is -2.49. The van der Waals surface area contributed by atoms with E-state index in [2.05, 4.69) is 10.6 Å². The van der Waals surface area contributed by atoms with E-state index in [1.54, 1.807) is 31.4 Å². The van der Waals surface area contributed by atoms with Crippen molar-refractivity contribution >= 4 is 11.7 Å². The lowest BCUT2D eigenvalue weighted by molar-refractivity contribution is 0.252. The molecule has 0 heterocycles. The van der Waals surface area contributed by atoms with E-state index in [9.17, 15) is 4.79 Å². The lowest BCUT2D eigenvalue weighted by Crippen LogP contribution is -2.30. The highest BCUT2D eigenvalue weighted by Crippen LogP contribution is 2.14. The van der Waals surface area contributed by atoms with Gasteiger partial charge < -0.3 is 15.4 Å². The minimum atomic E-state index is -0.203. The third-order valence-electron chi connectivity index (χ3n) is 2.89. The van der Waals surface area contributed by atoms with Gasteiger partial charge in [0.2, 0.25) is 0 Å². The van der Waals surface area contributed by atoms with Gasteiger partial charge in [-0.3, -0.25) is 0 Å². The maximum Gasteiger partial charge on any atom is 0.319 e. The number of hydrogen-bond donors (Lipinski definition) is 2. The third kappa shape index (κ3) is 4.31. The summed E-state index contributed by atoms with van der Waals surface area (Å²) in [5, 5.41) is 5.60. The Bertz CT molecular complexity index is 538. The molecule has 0 bridgehead atoms. The molecule has 0 aromatic heterocycles. The van der Waals surface area contributed by atoms with Crippen LogP contribution in [-0.4, -0.2) is 19.7 Å². The van der Waals surface area contributed by atoms with Crippen molar-refractivity contribution in [2.75, 3.05) is 19.0 Å². The first-order valence-electron chi connectivity index (χ1n) is 6.51. The molecule has 0 aliphatic heterocycles. The molecular formula is C16H18N2O2. The first-order valence-corrected chi connectivity index (χ1v) is 6.51. The highest BCUT2D eigenvalue weighted by Gasteiger charge is 2.01. The second kappa shape index (κ2) is 7.19. The molecule has 0 radical (unpaired) electrons. The Morgan fingerprint density at radius 1 is 1.05 bits per heavy atom. The molecular weight excluding hydrogens is 252 g/mol. The predicted molar refractivity (Wildman–Crippen MR) is 80.2 cm³/mol. The van der Waals surface area contributed by atoms with Crippen LogP contribution in [0.4, 0.5) is 10.5 Å². The fraction of sp³-hybridized carbons (Fsp3) is 0.188. The van der Waals surface area contributed by atoms with Crippen LogP contribution in [0.2, 0.25) is 0 Å². The van der Waals surface area contributed by atoms with E-state index >= 15 is 0 Å². The van der Waals surface area contributed by atoms with Gasteiger partial charge in [-0.2, -0.15) is 0 Å². The molecule has 0 saturated heterocycles. The normalized spacial score (nSPS) is 9.85. The van der Waals surface area contributed by atoms with E-state index < -0.39 is 0 Å². The number of urea groups is 1. The van der Waals surface area contributed by atoms with Crippen LogP contribution < -0.4 is 15.4 Å². The van der Waals surface area contributed by atoms with Gasteiger partial charge >= 0.3 is 6.03 Å². The van der Waals surface area contributed by atoms with E-state index in [0.29, 0.717) is 6.54 Å². The molecule has 2 rings (SSSR count). The fourth-order valence-corrected chi connectivity index (χ4v) is 1.81. The monoisotopic (exact) mass is 270 g/mol. The number of methoxy groups -OCH3 is 1. The van der Waals surface area contributed by atoms with Crippen LogP contribution in [0.15, 0.2) is 54.6 Å². The van der Waals surface area contributed by atoms with Gasteiger partial charge in [0.15, 0.2) is 0 Å². The zero-order valence-corrected chi connectivity index (χ0v) is 11.4. The Labute approximate surface area is 118 Å². The van der Waals surface area contributed by atoms with Gasteiger partial charge in [0.1, 0.15) is 5.75 Å². The number of benzene rings is 2. The SMILES string of the molecule is COc1ccc(NC(=O)NCCc2ccccc2)cc1. The van der Waals surface area contributed by atoms with Crippen molar-refractivity contribution in [2.24, 2.45) is 0 Å². The molecule has 0 saturated carbocycles. The van der Waals surface area contributed by atoms with Crippen molar-refractivity contribution in [3.8, 4) is 5.75 Å². The topological polar surface area (TPSA) is 50.4 Å². The molecule has 4 nitrogen and oxygen atoms in total. The maximum atomic E-state index is 11.7. The van der Waals surface area contributed by atoms with Gasteiger partial charge in [-0.05, 0) is 36.2 Å². The number of rotatable bonds is 5. The Morgan fingerprint density at radius 2 is 1.75 bits per heavy atom. The van der Waals surface area contributed by atoms with E-state index in [4.69, 9.17) is 4.74 Å². The summed E-state index contributed by atoms with van der Waals surface area (Å²) in [7, 11) is 1.61. The van der Waals surface area contributed by atoms with Gasteiger partial charge in [-0.25, -0.2) is 4.79 Å². The van der Waals surface area contributed by atoms with Crippen LogP contribution in [0.1, 0.15) is 5.56 Å². The summed E-state index contributed by atoms with van der Waals surface area (Å²) in [5.74, 6) is 0.764. The molecule has 0 aliphatic rings. The molecule has 104 valence electrons.